The maximum atomic E-state index is 13.8. The maximum absolute atomic E-state index is 13.8. The molecule has 2 N–H and O–H groups in total. The van der Waals surface area contributed by atoms with Gasteiger partial charge in [0.15, 0.2) is 6.20 Å². The third-order valence-electron chi connectivity index (χ3n) is 8.23. The standard InChI is InChI=1S/C33H30ClN7O3/c34-27-10-12-30(40-21-36-37-38-40)29(19-27)26-9-11-31(41(44)20-26)28(17-22-5-2-1-3-6-22)25-8-4-7-24(18-25)23-13-15-39(16-14-23)33(43)32(35)42/h1-12,18-21,23,28H,13-17H2,(H2,35,42)/t28-/m0/s1. The Balaban J connectivity index is 1.34. The lowest BCUT2D eigenvalue weighted by atomic mass is 9.84. The van der Waals surface area contributed by atoms with Gasteiger partial charge in [0.1, 0.15) is 6.33 Å². The zero-order valence-corrected chi connectivity index (χ0v) is 24.5. The number of tetrazole rings is 1. The summed E-state index contributed by atoms with van der Waals surface area (Å²) in [5.74, 6) is -1.56. The summed E-state index contributed by atoms with van der Waals surface area (Å²) in [5.41, 5.74) is 11.2. The zero-order valence-electron chi connectivity index (χ0n) is 23.8. The number of primary amides is 1. The van der Waals surface area contributed by atoms with Gasteiger partial charge in [-0.2, -0.15) is 9.41 Å². The number of halogens is 1. The molecule has 2 aromatic heterocycles. The maximum Gasteiger partial charge on any atom is 0.311 e. The fraction of sp³-hybridized carbons (Fsp3) is 0.212. The topological polar surface area (TPSA) is 134 Å². The van der Waals surface area contributed by atoms with Crippen LogP contribution in [0.15, 0.2) is 97.5 Å². The van der Waals surface area contributed by atoms with Crippen molar-refractivity contribution in [3.63, 3.8) is 0 Å². The smallest absolute Gasteiger partial charge is 0.311 e. The lowest BCUT2D eigenvalue weighted by Gasteiger charge is -2.31. The monoisotopic (exact) mass is 607 g/mol. The first-order valence-corrected chi connectivity index (χ1v) is 14.7. The number of pyridine rings is 1. The van der Waals surface area contributed by atoms with Crippen LogP contribution in [0.2, 0.25) is 5.02 Å². The number of amides is 2. The number of rotatable bonds is 7. The number of carbonyl (C=O) groups excluding carboxylic acids is 2. The van der Waals surface area contributed by atoms with Gasteiger partial charge >= 0.3 is 11.8 Å². The van der Waals surface area contributed by atoms with Gasteiger partial charge in [0.25, 0.3) is 0 Å². The second kappa shape index (κ2) is 12.6. The van der Waals surface area contributed by atoms with Crippen LogP contribution < -0.4 is 10.5 Å². The van der Waals surface area contributed by atoms with Gasteiger partial charge in [0.05, 0.1) is 11.6 Å². The first-order chi connectivity index (χ1) is 21.4. The van der Waals surface area contributed by atoms with E-state index in [1.807, 2.05) is 42.5 Å². The number of nitrogens with zero attached hydrogens (tertiary/aromatic N) is 6. The summed E-state index contributed by atoms with van der Waals surface area (Å²) in [6.45, 7) is 0.949. The minimum atomic E-state index is -0.923. The van der Waals surface area contributed by atoms with Crippen molar-refractivity contribution < 1.29 is 14.3 Å². The Kier molecular flexibility index (Phi) is 8.33. The number of benzene rings is 3. The lowest BCUT2D eigenvalue weighted by molar-refractivity contribution is -0.614. The van der Waals surface area contributed by atoms with Crippen LogP contribution >= 0.6 is 11.6 Å². The number of hydrogen-bond acceptors (Lipinski definition) is 6. The fourth-order valence-corrected chi connectivity index (χ4v) is 6.15. The third-order valence-corrected chi connectivity index (χ3v) is 8.46. The van der Waals surface area contributed by atoms with Gasteiger partial charge < -0.3 is 15.8 Å². The molecule has 0 saturated carbocycles. The van der Waals surface area contributed by atoms with Gasteiger partial charge in [-0.05, 0) is 76.6 Å². The molecule has 0 unspecified atom stereocenters. The lowest BCUT2D eigenvalue weighted by Crippen LogP contribution is -2.44. The van der Waals surface area contributed by atoms with Crippen LogP contribution in [0, 0.1) is 5.21 Å². The average molecular weight is 608 g/mol. The van der Waals surface area contributed by atoms with E-state index in [-0.39, 0.29) is 11.8 Å². The first kappa shape index (κ1) is 29.0. The Morgan fingerprint density at radius 2 is 1.80 bits per heavy atom. The van der Waals surface area contributed by atoms with E-state index in [0.717, 1.165) is 39.8 Å². The highest BCUT2D eigenvalue weighted by molar-refractivity contribution is 6.34. The highest BCUT2D eigenvalue weighted by Crippen LogP contribution is 2.34. The number of piperidine rings is 1. The molecule has 3 aromatic carbocycles. The Hall–Kier alpha value is -5.09. The molecule has 0 spiro atoms. The molecule has 6 rings (SSSR count). The molecule has 1 aliphatic rings. The van der Waals surface area contributed by atoms with E-state index in [9.17, 15) is 14.8 Å². The summed E-state index contributed by atoms with van der Waals surface area (Å²) in [6, 6.07) is 27.6. The van der Waals surface area contributed by atoms with Crippen molar-refractivity contribution >= 4 is 23.4 Å². The molecule has 2 amide bonds. The summed E-state index contributed by atoms with van der Waals surface area (Å²) >= 11 is 6.35. The number of nitrogens with two attached hydrogens (primary N) is 1. The molecule has 0 radical (unpaired) electrons. The summed E-state index contributed by atoms with van der Waals surface area (Å²) < 4.78 is 2.47. The van der Waals surface area contributed by atoms with Crippen LogP contribution in [0.1, 0.15) is 47.1 Å². The Labute approximate surface area is 259 Å². The molecule has 44 heavy (non-hydrogen) atoms. The molecule has 222 valence electrons. The molecule has 10 nitrogen and oxygen atoms in total. The van der Waals surface area contributed by atoms with Crippen molar-refractivity contribution in [1.82, 2.24) is 25.1 Å². The third kappa shape index (κ3) is 6.16. The number of hydrogen-bond donors (Lipinski definition) is 1. The van der Waals surface area contributed by atoms with Crippen LogP contribution in [-0.2, 0) is 16.0 Å². The summed E-state index contributed by atoms with van der Waals surface area (Å²) in [5, 5.41) is 25.8. The molecule has 3 heterocycles. The molecule has 0 aliphatic carbocycles. The van der Waals surface area contributed by atoms with Crippen molar-refractivity contribution in [2.24, 2.45) is 5.73 Å². The van der Waals surface area contributed by atoms with Crippen LogP contribution in [0.3, 0.4) is 0 Å². The van der Waals surface area contributed by atoms with Crippen molar-refractivity contribution in [2.75, 3.05) is 13.1 Å². The van der Waals surface area contributed by atoms with Crippen molar-refractivity contribution in [3.05, 3.63) is 130 Å². The predicted octanol–water partition coefficient (Wildman–Crippen LogP) is 4.18. The van der Waals surface area contributed by atoms with Crippen LogP contribution in [0.5, 0.6) is 0 Å². The van der Waals surface area contributed by atoms with Gasteiger partial charge in [0, 0.05) is 35.3 Å². The Bertz CT molecular complexity index is 1790. The van der Waals surface area contributed by atoms with Crippen LogP contribution in [0.4, 0.5) is 0 Å². The zero-order chi connectivity index (χ0) is 30.6. The second-order valence-electron chi connectivity index (χ2n) is 10.9. The van der Waals surface area contributed by atoms with Gasteiger partial charge in [-0.25, -0.2) is 0 Å². The molecule has 5 aromatic rings. The van der Waals surface area contributed by atoms with E-state index in [4.69, 9.17) is 17.3 Å². The van der Waals surface area contributed by atoms with E-state index in [1.54, 1.807) is 18.3 Å². The van der Waals surface area contributed by atoms with Gasteiger partial charge in [-0.1, -0.05) is 66.2 Å². The highest BCUT2D eigenvalue weighted by Gasteiger charge is 2.28. The normalized spacial score (nSPS) is 14.3. The molecule has 0 bridgehead atoms. The summed E-state index contributed by atoms with van der Waals surface area (Å²) in [7, 11) is 0. The Morgan fingerprint density at radius 3 is 2.50 bits per heavy atom. The van der Waals surface area contributed by atoms with E-state index in [1.165, 1.54) is 15.9 Å². The largest absolute Gasteiger partial charge is 0.618 e. The van der Waals surface area contributed by atoms with Crippen molar-refractivity contribution in [3.8, 4) is 16.8 Å². The molecule has 1 atom stereocenters. The minimum absolute atomic E-state index is 0.221. The Morgan fingerprint density at radius 1 is 1.00 bits per heavy atom. The average Bonchev–Trinajstić information content (AvgIpc) is 3.59. The number of aromatic nitrogens is 5. The second-order valence-corrected chi connectivity index (χ2v) is 11.4. The highest BCUT2D eigenvalue weighted by atomic mass is 35.5. The molecular formula is C33H30ClN7O3. The number of carbonyl (C=O) groups is 2. The predicted molar refractivity (Wildman–Crippen MR) is 165 cm³/mol. The van der Waals surface area contributed by atoms with Crippen molar-refractivity contribution in [2.45, 2.75) is 31.1 Å². The molecular weight excluding hydrogens is 578 g/mol. The molecule has 1 fully saturated rings. The molecule has 11 heteroatoms. The quantitative estimate of drug-likeness (QED) is 0.168. The minimum Gasteiger partial charge on any atom is -0.618 e. The van der Waals surface area contributed by atoms with Gasteiger partial charge in [0.2, 0.25) is 5.69 Å². The SMILES string of the molecule is NC(=O)C(=O)N1CCC(c2cccc([C@H](Cc3ccccc3)c3ccc(-c4cc(Cl)ccc4-n4cnnn4)c[n+]3[O-])c2)CC1. The van der Waals surface area contributed by atoms with E-state index < -0.39 is 11.8 Å². The van der Waals surface area contributed by atoms with Gasteiger partial charge in [-0.3, -0.25) is 9.59 Å². The van der Waals surface area contributed by atoms with Crippen LogP contribution in [0.25, 0.3) is 16.8 Å². The van der Waals surface area contributed by atoms with Crippen molar-refractivity contribution in [1.29, 1.82) is 0 Å². The van der Waals surface area contributed by atoms with E-state index >= 15 is 0 Å². The summed E-state index contributed by atoms with van der Waals surface area (Å²) in [4.78, 5) is 24.9. The number of likely N-dealkylation sites (tertiary alicyclic amines) is 1. The fourth-order valence-electron chi connectivity index (χ4n) is 5.98. The summed E-state index contributed by atoms with van der Waals surface area (Å²) in [6.07, 6.45) is 5.15. The van der Waals surface area contributed by atoms with Gasteiger partial charge in [-0.15, -0.1) is 5.10 Å². The van der Waals surface area contributed by atoms with Crippen LogP contribution in [-0.4, -0.2) is 50.0 Å². The van der Waals surface area contributed by atoms with E-state index in [0.29, 0.717) is 41.5 Å². The molecule has 1 saturated heterocycles. The van der Waals surface area contributed by atoms with E-state index in [2.05, 4.69) is 45.9 Å². The molecule has 1 aliphatic heterocycles. The first-order valence-electron chi connectivity index (χ1n) is 14.4.